The number of methoxy groups -OCH3 is 2. The summed E-state index contributed by atoms with van der Waals surface area (Å²) in [5.41, 5.74) is 4.32. The lowest BCUT2D eigenvalue weighted by Gasteiger charge is -2.26. The Morgan fingerprint density at radius 3 is 2.48 bits per heavy atom. The van der Waals surface area contributed by atoms with Gasteiger partial charge in [0.25, 0.3) is 5.91 Å². The molecule has 2 aliphatic heterocycles. The monoisotopic (exact) mass is 366 g/mol. The molecule has 2 amide bonds. The van der Waals surface area contributed by atoms with Gasteiger partial charge in [-0.3, -0.25) is 9.59 Å². The van der Waals surface area contributed by atoms with Crippen molar-refractivity contribution in [3.63, 3.8) is 0 Å². The van der Waals surface area contributed by atoms with Crippen LogP contribution in [0, 0.1) is 0 Å². The fraction of sp³-hybridized carbons (Fsp3) is 0.333. The van der Waals surface area contributed by atoms with Crippen LogP contribution >= 0.6 is 0 Å². The summed E-state index contributed by atoms with van der Waals surface area (Å²) in [5, 5.41) is 2.96. The summed E-state index contributed by atoms with van der Waals surface area (Å²) in [6.07, 6.45) is 1.85. The van der Waals surface area contributed by atoms with E-state index in [1.54, 1.807) is 32.4 Å². The summed E-state index contributed by atoms with van der Waals surface area (Å²) in [6.45, 7) is 2.70. The van der Waals surface area contributed by atoms with Crippen LogP contribution in [0.4, 0.5) is 11.4 Å². The molecule has 0 bridgehead atoms. The third-order valence-electron chi connectivity index (χ3n) is 5.29. The third kappa shape index (κ3) is 2.91. The molecule has 4 rings (SSSR count). The molecule has 27 heavy (non-hydrogen) atoms. The molecule has 1 atom stereocenters. The molecule has 2 aliphatic rings. The summed E-state index contributed by atoms with van der Waals surface area (Å²) >= 11 is 0. The summed E-state index contributed by atoms with van der Waals surface area (Å²) in [4.78, 5) is 27.1. The van der Waals surface area contributed by atoms with Crippen LogP contribution < -0.4 is 19.7 Å². The summed E-state index contributed by atoms with van der Waals surface area (Å²) in [6, 6.07) is 8.96. The van der Waals surface area contributed by atoms with Gasteiger partial charge in [0.1, 0.15) is 11.5 Å². The van der Waals surface area contributed by atoms with Gasteiger partial charge in [-0.15, -0.1) is 0 Å². The first-order valence-electron chi connectivity index (χ1n) is 9.04. The van der Waals surface area contributed by atoms with E-state index < -0.39 is 0 Å². The smallest absolute Gasteiger partial charge is 0.255 e. The molecular weight excluding hydrogens is 344 g/mol. The number of nitrogens with one attached hydrogen (secondary N) is 1. The van der Waals surface area contributed by atoms with Crippen LogP contribution in [0.15, 0.2) is 30.3 Å². The highest BCUT2D eigenvalue weighted by molar-refractivity contribution is 6.08. The first kappa shape index (κ1) is 17.4. The van der Waals surface area contributed by atoms with Crippen LogP contribution in [0.3, 0.4) is 0 Å². The van der Waals surface area contributed by atoms with E-state index in [-0.39, 0.29) is 17.7 Å². The summed E-state index contributed by atoms with van der Waals surface area (Å²) in [7, 11) is 3.09. The predicted molar refractivity (Wildman–Crippen MR) is 103 cm³/mol. The molecule has 0 unspecified atom stereocenters. The molecule has 140 valence electrons. The van der Waals surface area contributed by atoms with Gasteiger partial charge in [0.15, 0.2) is 0 Å². The Morgan fingerprint density at radius 2 is 1.81 bits per heavy atom. The highest BCUT2D eigenvalue weighted by atomic mass is 16.5. The van der Waals surface area contributed by atoms with Crippen molar-refractivity contribution < 1.29 is 19.1 Å². The number of hydrogen-bond acceptors (Lipinski definition) is 4. The zero-order chi connectivity index (χ0) is 19.1. The molecule has 0 spiro atoms. The molecule has 0 saturated heterocycles. The molecule has 2 aromatic rings. The molecule has 2 heterocycles. The highest BCUT2D eigenvalue weighted by Gasteiger charge is 2.37. The SMILES string of the molecule is COc1cc(OC)cc(C(=O)Nc2cc3c4c(c2)[C@@H](C)C(=O)N4CCC3)c1. The fourth-order valence-electron chi connectivity index (χ4n) is 3.91. The lowest BCUT2D eigenvalue weighted by Crippen LogP contribution is -2.32. The van der Waals surface area contributed by atoms with Gasteiger partial charge in [-0.25, -0.2) is 0 Å². The van der Waals surface area contributed by atoms with Gasteiger partial charge in [-0.2, -0.15) is 0 Å². The Balaban J connectivity index is 1.66. The zero-order valence-electron chi connectivity index (χ0n) is 15.7. The maximum absolute atomic E-state index is 12.8. The van der Waals surface area contributed by atoms with Gasteiger partial charge < -0.3 is 19.7 Å². The molecule has 0 saturated carbocycles. The molecule has 0 fully saturated rings. The standard InChI is InChI=1S/C21H22N2O4/c1-12-18-10-15(7-13-5-4-6-23(19(13)18)21(12)25)22-20(24)14-8-16(26-2)11-17(9-14)27-3/h7-12H,4-6H2,1-3H3,(H,22,24)/t12-/m1/s1. The van der Waals surface area contributed by atoms with Crippen molar-refractivity contribution in [2.24, 2.45) is 0 Å². The van der Waals surface area contributed by atoms with Gasteiger partial charge in [-0.1, -0.05) is 0 Å². The van der Waals surface area contributed by atoms with E-state index >= 15 is 0 Å². The minimum atomic E-state index is -0.246. The fourth-order valence-corrected chi connectivity index (χ4v) is 3.91. The van der Waals surface area contributed by atoms with Crippen LogP contribution in [0.2, 0.25) is 0 Å². The zero-order valence-corrected chi connectivity index (χ0v) is 15.7. The minimum absolute atomic E-state index is 0.145. The number of ether oxygens (including phenoxy) is 2. The van der Waals surface area contributed by atoms with E-state index in [0.717, 1.165) is 36.2 Å². The molecule has 6 nitrogen and oxygen atoms in total. The molecule has 1 N–H and O–H groups in total. The van der Waals surface area contributed by atoms with Crippen molar-refractivity contribution in [3.05, 3.63) is 47.0 Å². The van der Waals surface area contributed by atoms with E-state index in [1.807, 2.05) is 24.0 Å². The molecular formula is C21H22N2O4. The second-order valence-electron chi connectivity index (χ2n) is 6.94. The van der Waals surface area contributed by atoms with Gasteiger partial charge in [0, 0.05) is 23.9 Å². The van der Waals surface area contributed by atoms with E-state index in [4.69, 9.17) is 9.47 Å². The average molecular weight is 366 g/mol. The Hall–Kier alpha value is -3.02. The Morgan fingerprint density at radius 1 is 1.11 bits per heavy atom. The topological polar surface area (TPSA) is 67.9 Å². The second kappa shape index (κ2) is 6.61. The van der Waals surface area contributed by atoms with Crippen LogP contribution in [0.5, 0.6) is 11.5 Å². The Bertz CT molecular complexity index is 916. The van der Waals surface area contributed by atoms with E-state index in [2.05, 4.69) is 5.32 Å². The first-order chi connectivity index (χ1) is 13.0. The first-order valence-corrected chi connectivity index (χ1v) is 9.04. The normalized spacial score (nSPS) is 17.5. The number of anilines is 2. The lowest BCUT2D eigenvalue weighted by molar-refractivity contribution is -0.119. The number of amides is 2. The highest BCUT2D eigenvalue weighted by Crippen LogP contribution is 2.44. The van der Waals surface area contributed by atoms with Crippen molar-refractivity contribution in [2.45, 2.75) is 25.7 Å². The van der Waals surface area contributed by atoms with Crippen LogP contribution in [-0.2, 0) is 11.2 Å². The molecule has 2 aromatic carbocycles. The van der Waals surface area contributed by atoms with E-state index in [1.165, 1.54) is 0 Å². The van der Waals surface area contributed by atoms with Gasteiger partial charge in [-0.05, 0) is 55.2 Å². The van der Waals surface area contributed by atoms with Crippen molar-refractivity contribution in [1.82, 2.24) is 0 Å². The van der Waals surface area contributed by atoms with E-state index in [9.17, 15) is 9.59 Å². The second-order valence-corrected chi connectivity index (χ2v) is 6.94. The van der Waals surface area contributed by atoms with Crippen LogP contribution in [0.25, 0.3) is 0 Å². The van der Waals surface area contributed by atoms with Crippen LogP contribution in [-0.4, -0.2) is 32.6 Å². The Labute approximate surface area is 158 Å². The molecule has 0 radical (unpaired) electrons. The molecule has 0 aliphatic carbocycles. The number of carbonyl (C=O) groups excluding carboxylic acids is 2. The van der Waals surface area contributed by atoms with Crippen molar-refractivity contribution in [3.8, 4) is 11.5 Å². The number of hydrogen-bond donors (Lipinski definition) is 1. The number of rotatable bonds is 4. The average Bonchev–Trinajstić information content (AvgIpc) is 2.94. The third-order valence-corrected chi connectivity index (χ3v) is 5.29. The minimum Gasteiger partial charge on any atom is -0.497 e. The predicted octanol–water partition coefficient (Wildman–Crippen LogP) is 3.35. The Kier molecular flexibility index (Phi) is 4.26. The summed E-state index contributed by atoms with van der Waals surface area (Å²) in [5.74, 6) is 0.832. The van der Waals surface area contributed by atoms with Crippen molar-refractivity contribution in [1.29, 1.82) is 0 Å². The lowest BCUT2D eigenvalue weighted by atomic mass is 9.96. The largest absolute Gasteiger partial charge is 0.497 e. The van der Waals surface area contributed by atoms with Crippen molar-refractivity contribution >= 4 is 23.2 Å². The van der Waals surface area contributed by atoms with Gasteiger partial charge >= 0.3 is 0 Å². The maximum atomic E-state index is 12.8. The van der Waals surface area contributed by atoms with Gasteiger partial charge in [0.2, 0.25) is 5.91 Å². The number of aryl methyl sites for hydroxylation is 1. The van der Waals surface area contributed by atoms with Gasteiger partial charge in [0.05, 0.1) is 25.8 Å². The number of nitrogens with zero attached hydrogens (tertiary/aromatic N) is 1. The van der Waals surface area contributed by atoms with Crippen LogP contribution in [0.1, 0.15) is 40.7 Å². The maximum Gasteiger partial charge on any atom is 0.255 e. The summed E-state index contributed by atoms with van der Waals surface area (Å²) < 4.78 is 10.5. The number of carbonyl (C=O) groups is 2. The van der Waals surface area contributed by atoms with Crippen molar-refractivity contribution in [2.75, 3.05) is 31.0 Å². The number of benzene rings is 2. The molecule has 6 heteroatoms. The molecule has 0 aromatic heterocycles. The van der Waals surface area contributed by atoms with E-state index in [0.29, 0.717) is 22.7 Å². The quantitative estimate of drug-likeness (QED) is 0.901.